The zero-order valence-corrected chi connectivity index (χ0v) is 12.3. The monoisotopic (exact) mass is 333 g/mol. The van der Waals surface area contributed by atoms with Crippen molar-refractivity contribution in [2.45, 2.75) is 6.42 Å². The molecule has 0 aromatic carbocycles. The van der Waals surface area contributed by atoms with E-state index in [1.54, 1.807) is 17.4 Å². The lowest BCUT2D eigenvalue weighted by atomic mass is 10.3. The molecule has 0 bridgehead atoms. The molecule has 0 radical (unpaired) electrons. The Kier molecular flexibility index (Phi) is 7.91. The van der Waals surface area contributed by atoms with Gasteiger partial charge < -0.3 is 15.2 Å². The van der Waals surface area contributed by atoms with Crippen LogP contribution in [0.5, 0.6) is 0 Å². The van der Waals surface area contributed by atoms with Gasteiger partial charge in [0.1, 0.15) is 0 Å². The summed E-state index contributed by atoms with van der Waals surface area (Å²) in [6, 6.07) is 1.96. The predicted molar refractivity (Wildman–Crippen MR) is 76.6 cm³/mol. The van der Waals surface area contributed by atoms with Crippen LogP contribution in [-0.2, 0) is 9.53 Å². The van der Waals surface area contributed by atoms with Gasteiger partial charge in [0.15, 0.2) is 0 Å². The van der Waals surface area contributed by atoms with Gasteiger partial charge in [0.2, 0.25) is 5.91 Å². The second kappa shape index (κ2) is 9.27. The summed E-state index contributed by atoms with van der Waals surface area (Å²) in [6.07, 6.45) is 4.03. The van der Waals surface area contributed by atoms with Gasteiger partial charge in [-0.1, -0.05) is 0 Å². The number of hydrogen-bond acceptors (Lipinski definition) is 4. The number of aliphatic hydroxyl groups excluding tert-OH is 1. The van der Waals surface area contributed by atoms with Crippen LogP contribution in [0.2, 0.25) is 0 Å². The predicted octanol–water partition coefficient (Wildman–Crippen LogP) is 2.04. The highest BCUT2D eigenvalue weighted by Gasteiger charge is 1.96. The molecule has 0 spiro atoms. The van der Waals surface area contributed by atoms with E-state index in [9.17, 15) is 4.79 Å². The summed E-state index contributed by atoms with van der Waals surface area (Å²) in [5, 5.41) is 13.2. The van der Waals surface area contributed by atoms with Crippen molar-refractivity contribution in [1.82, 2.24) is 5.32 Å². The molecule has 100 valence electrons. The summed E-state index contributed by atoms with van der Waals surface area (Å²) in [6.45, 7) is 1.50. The van der Waals surface area contributed by atoms with E-state index in [0.717, 1.165) is 15.8 Å². The summed E-state index contributed by atoms with van der Waals surface area (Å²) in [5.41, 5.74) is 1.01. The quantitative estimate of drug-likeness (QED) is 0.565. The first-order valence-corrected chi connectivity index (χ1v) is 7.28. The van der Waals surface area contributed by atoms with E-state index in [-0.39, 0.29) is 12.5 Å². The molecule has 1 amide bonds. The molecule has 1 heterocycles. The fraction of sp³-hybridized carbons (Fsp3) is 0.417. The molecule has 1 rings (SSSR count). The number of hydrogen-bond donors (Lipinski definition) is 2. The van der Waals surface area contributed by atoms with Gasteiger partial charge in [-0.3, -0.25) is 4.79 Å². The maximum absolute atomic E-state index is 11.4. The topological polar surface area (TPSA) is 58.6 Å². The number of nitrogens with one attached hydrogen (secondary N) is 1. The lowest BCUT2D eigenvalue weighted by Gasteiger charge is -2.02. The van der Waals surface area contributed by atoms with E-state index in [1.165, 1.54) is 6.08 Å². The number of thiophene rings is 1. The lowest BCUT2D eigenvalue weighted by Crippen LogP contribution is -2.23. The van der Waals surface area contributed by atoms with Gasteiger partial charge in [0.05, 0.1) is 17.0 Å². The van der Waals surface area contributed by atoms with Gasteiger partial charge in [-0.2, -0.15) is 0 Å². The maximum atomic E-state index is 11.4. The van der Waals surface area contributed by atoms with E-state index >= 15 is 0 Å². The van der Waals surface area contributed by atoms with Crippen molar-refractivity contribution in [3.8, 4) is 0 Å². The van der Waals surface area contributed by atoms with Gasteiger partial charge in [-0.05, 0) is 45.4 Å². The summed E-state index contributed by atoms with van der Waals surface area (Å²) >= 11 is 4.95. The Balaban J connectivity index is 2.12. The van der Waals surface area contributed by atoms with Crippen molar-refractivity contribution in [3.63, 3.8) is 0 Å². The lowest BCUT2D eigenvalue weighted by molar-refractivity contribution is -0.116. The molecule has 4 nitrogen and oxygen atoms in total. The normalized spacial score (nSPS) is 11.0. The van der Waals surface area contributed by atoms with Crippen molar-refractivity contribution in [2.24, 2.45) is 0 Å². The minimum Gasteiger partial charge on any atom is -0.394 e. The smallest absolute Gasteiger partial charge is 0.244 e. The number of rotatable bonds is 8. The molecule has 0 saturated carbocycles. The van der Waals surface area contributed by atoms with Gasteiger partial charge in [0, 0.05) is 19.2 Å². The molecule has 18 heavy (non-hydrogen) atoms. The standard InChI is InChI=1S/C12H16BrNO3S/c13-11-8-10(9-18-11)2-3-12(16)14-4-1-6-17-7-5-15/h2-3,8-9,15H,1,4-7H2,(H,14,16)/b3-2+. The van der Waals surface area contributed by atoms with E-state index in [1.807, 2.05) is 11.4 Å². The third-order valence-electron chi connectivity index (χ3n) is 2.02. The number of ether oxygens (including phenoxy) is 1. The molecule has 0 atom stereocenters. The molecule has 2 N–H and O–H groups in total. The van der Waals surface area contributed by atoms with Gasteiger partial charge in [0.25, 0.3) is 0 Å². The number of aliphatic hydroxyl groups is 1. The van der Waals surface area contributed by atoms with Crippen LogP contribution < -0.4 is 5.32 Å². The Morgan fingerprint density at radius 1 is 1.56 bits per heavy atom. The molecule has 0 aliphatic carbocycles. The molecule has 0 aliphatic heterocycles. The van der Waals surface area contributed by atoms with Crippen LogP contribution in [0.25, 0.3) is 6.08 Å². The molecule has 1 aromatic heterocycles. The molecule has 0 saturated heterocycles. The first-order chi connectivity index (χ1) is 8.72. The largest absolute Gasteiger partial charge is 0.394 e. The van der Waals surface area contributed by atoms with Crippen molar-refractivity contribution in [1.29, 1.82) is 0 Å². The zero-order valence-electron chi connectivity index (χ0n) is 9.89. The van der Waals surface area contributed by atoms with Crippen molar-refractivity contribution in [2.75, 3.05) is 26.4 Å². The van der Waals surface area contributed by atoms with Crippen molar-refractivity contribution >= 4 is 39.2 Å². The number of carbonyl (C=O) groups excluding carboxylic acids is 1. The molecule has 0 fully saturated rings. The highest BCUT2D eigenvalue weighted by Crippen LogP contribution is 2.21. The Hall–Kier alpha value is -0.690. The molecule has 6 heteroatoms. The minimum absolute atomic E-state index is 0.0330. The van der Waals surface area contributed by atoms with E-state index in [0.29, 0.717) is 19.8 Å². The number of halogens is 1. The second-order valence-electron chi connectivity index (χ2n) is 3.50. The average Bonchev–Trinajstić information content (AvgIpc) is 2.77. The molecule has 1 aromatic rings. The summed E-state index contributed by atoms with van der Waals surface area (Å²) in [7, 11) is 0. The second-order valence-corrected chi connectivity index (χ2v) is 5.79. The van der Waals surface area contributed by atoms with Gasteiger partial charge in [-0.25, -0.2) is 0 Å². The van der Waals surface area contributed by atoms with E-state index < -0.39 is 0 Å². The van der Waals surface area contributed by atoms with Crippen molar-refractivity contribution in [3.05, 3.63) is 26.9 Å². The summed E-state index contributed by atoms with van der Waals surface area (Å²) in [4.78, 5) is 11.4. The van der Waals surface area contributed by atoms with Crippen LogP contribution in [0.3, 0.4) is 0 Å². The molecule has 0 aliphatic rings. The van der Waals surface area contributed by atoms with Crippen LogP contribution in [0.4, 0.5) is 0 Å². The van der Waals surface area contributed by atoms with Crippen LogP contribution >= 0.6 is 27.3 Å². The Morgan fingerprint density at radius 3 is 3.06 bits per heavy atom. The minimum atomic E-state index is -0.112. The first-order valence-electron chi connectivity index (χ1n) is 5.61. The first kappa shape index (κ1) is 15.4. The number of carbonyl (C=O) groups is 1. The third kappa shape index (κ3) is 6.90. The Labute approximate surface area is 119 Å². The maximum Gasteiger partial charge on any atom is 0.244 e. The summed E-state index contributed by atoms with van der Waals surface area (Å²) < 4.78 is 6.12. The fourth-order valence-corrected chi connectivity index (χ4v) is 2.34. The fourth-order valence-electron chi connectivity index (χ4n) is 1.19. The molecular weight excluding hydrogens is 318 g/mol. The highest BCUT2D eigenvalue weighted by molar-refractivity contribution is 9.11. The molecular formula is C12H16BrNO3S. The van der Waals surface area contributed by atoms with Crippen molar-refractivity contribution < 1.29 is 14.6 Å². The molecule has 0 unspecified atom stereocenters. The van der Waals surface area contributed by atoms with Crippen LogP contribution in [-0.4, -0.2) is 37.4 Å². The van der Waals surface area contributed by atoms with Crippen LogP contribution in [0.1, 0.15) is 12.0 Å². The third-order valence-corrected chi connectivity index (χ3v) is 3.54. The SMILES string of the molecule is O=C(/C=C/c1csc(Br)c1)NCCCOCCO. The Bertz CT molecular complexity index is 392. The van der Waals surface area contributed by atoms with Crippen LogP contribution in [0.15, 0.2) is 21.3 Å². The van der Waals surface area contributed by atoms with Gasteiger partial charge in [-0.15, -0.1) is 11.3 Å². The average molecular weight is 334 g/mol. The zero-order chi connectivity index (χ0) is 13.2. The Morgan fingerprint density at radius 2 is 2.39 bits per heavy atom. The number of amides is 1. The highest BCUT2D eigenvalue weighted by atomic mass is 79.9. The summed E-state index contributed by atoms with van der Waals surface area (Å²) in [5.74, 6) is -0.112. The van der Waals surface area contributed by atoms with Gasteiger partial charge >= 0.3 is 0 Å². The van der Waals surface area contributed by atoms with E-state index in [4.69, 9.17) is 9.84 Å². The van der Waals surface area contributed by atoms with Crippen LogP contribution in [0, 0.1) is 0 Å². The van der Waals surface area contributed by atoms with E-state index in [2.05, 4.69) is 21.2 Å².